The van der Waals surface area contributed by atoms with Crippen LogP contribution in [0, 0.1) is 11.8 Å². The summed E-state index contributed by atoms with van der Waals surface area (Å²) in [6.45, 7) is 1.85. The van der Waals surface area contributed by atoms with Gasteiger partial charge in [0.1, 0.15) is 11.5 Å². The second-order valence-electron chi connectivity index (χ2n) is 5.28. The Morgan fingerprint density at radius 2 is 2.07 bits per heavy atom. The molecule has 0 bridgehead atoms. The first-order valence-corrected chi connectivity index (χ1v) is 9.36. The van der Waals surface area contributed by atoms with Gasteiger partial charge in [0.2, 0.25) is 6.41 Å². The monoisotopic (exact) mass is 405 g/mol. The van der Waals surface area contributed by atoms with Crippen LogP contribution < -0.4 is 0 Å². The van der Waals surface area contributed by atoms with E-state index in [2.05, 4.69) is 17.1 Å². The molecule has 0 saturated carbocycles. The van der Waals surface area contributed by atoms with Crippen molar-refractivity contribution in [2.45, 2.75) is 6.92 Å². The van der Waals surface area contributed by atoms with E-state index < -0.39 is 5.91 Å². The molecule has 0 fully saturated rings. The minimum atomic E-state index is -0.527. The highest BCUT2D eigenvalue weighted by atomic mass is 32.2. The fraction of sp³-hybridized carbons (Fsp3) is 0.167. The molecule has 27 heavy (non-hydrogen) atoms. The van der Waals surface area contributed by atoms with E-state index in [1.165, 1.54) is 18.9 Å². The molecule has 0 saturated heterocycles. The predicted molar refractivity (Wildman–Crippen MR) is 107 cm³/mol. The van der Waals surface area contributed by atoms with Crippen molar-refractivity contribution in [1.29, 1.82) is 0 Å². The van der Waals surface area contributed by atoms with Crippen molar-refractivity contribution < 1.29 is 23.8 Å². The van der Waals surface area contributed by atoms with Crippen molar-refractivity contribution in [1.82, 2.24) is 4.90 Å². The number of nitrogens with zero attached hydrogens (tertiary/aromatic N) is 2. The van der Waals surface area contributed by atoms with Gasteiger partial charge in [-0.25, -0.2) is 9.74 Å². The smallest absolute Gasteiger partial charge is 0.317 e. The Morgan fingerprint density at radius 1 is 1.33 bits per heavy atom. The fourth-order valence-corrected chi connectivity index (χ4v) is 2.96. The molecule has 0 spiro atoms. The summed E-state index contributed by atoms with van der Waals surface area (Å²) >= 11 is 5.83. The maximum absolute atomic E-state index is 12.2. The molecule has 0 N–H and O–H groups in total. The molecule has 1 aromatic carbocycles. The van der Waals surface area contributed by atoms with E-state index in [-0.39, 0.29) is 0 Å². The molecule has 7 nitrogen and oxygen atoms in total. The third-order valence-electron chi connectivity index (χ3n) is 3.64. The highest BCUT2D eigenvalue weighted by Gasteiger charge is 2.18. The summed E-state index contributed by atoms with van der Waals surface area (Å²) in [4.78, 5) is 40.8. The predicted octanol–water partition coefficient (Wildman–Crippen LogP) is 3.87. The molecule has 1 heterocycles. The van der Waals surface area contributed by atoms with E-state index in [9.17, 15) is 14.5 Å². The highest BCUT2D eigenvalue weighted by Crippen LogP contribution is 2.30. The van der Waals surface area contributed by atoms with Gasteiger partial charge in [-0.3, -0.25) is 9.59 Å². The van der Waals surface area contributed by atoms with Crippen LogP contribution >= 0.6 is 24.0 Å². The van der Waals surface area contributed by atoms with Crippen molar-refractivity contribution in [3.8, 4) is 11.3 Å². The second kappa shape index (κ2) is 9.24. The Kier molecular flexibility index (Phi) is 7.03. The molecule has 0 aliphatic rings. The molecular formula is C18H17N2O5S2+. The zero-order chi connectivity index (χ0) is 20.0. The van der Waals surface area contributed by atoms with E-state index in [4.69, 9.17) is 4.42 Å². The topological polar surface area (TPSA) is 79.8 Å². The van der Waals surface area contributed by atoms with Crippen LogP contribution in [-0.2, 0) is 14.4 Å². The third-order valence-corrected chi connectivity index (χ3v) is 4.60. The first-order valence-electron chi connectivity index (χ1n) is 7.66. The van der Waals surface area contributed by atoms with E-state index >= 15 is 0 Å². The number of hydrogen-bond acceptors (Lipinski definition) is 7. The second-order valence-corrected chi connectivity index (χ2v) is 6.34. The quantitative estimate of drug-likeness (QED) is 0.285. The molecule has 0 radical (unpaired) electrons. The normalized spacial score (nSPS) is 11.0. The third kappa shape index (κ3) is 4.69. The minimum Gasteiger partial charge on any atom is -0.457 e. The van der Waals surface area contributed by atoms with E-state index in [0.717, 1.165) is 21.5 Å². The Bertz CT molecular complexity index is 912. The average Bonchev–Trinajstić information content (AvgIpc) is 3.14. The molecule has 0 atom stereocenters. The lowest BCUT2D eigenvalue weighted by atomic mass is 10.1. The maximum atomic E-state index is 12.2. The largest absolute Gasteiger partial charge is 0.457 e. The molecule has 2 aromatic rings. The van der Waals surface area contributed by atoms with Crippen molar-refractivity contribution >= 4 is 53.6 Å². The minimum absolute atomic E-state index is 0.304. The number of rotatable bonds is 8. The van der Waals surface area contributed by atoms with E-state index in [1.807, 2.05) is 6.92 Å². The van der Waals surface area contributed by atoms with Gasteiger partial charge in [0.15, 0.2) is 7.11 Å². The maximum Gasteiger partial charge on any atom is 0.317 e. The van der Waals surface area contributed by atoms with Gasteiger partial charge in [-0.2, -0.15) is 0 Å². The molecular weight excluding hydrogens is 388 g/mol. The van der Waals surface area contributed by atoms with Crippen molar-refractivity contribution in [3.05, 3.63) is 51.5 Å². The van der Waals surface area contributed by atoms with Gasteiger partial charge >= 0.3 is 5.69 Å². The highest BCUT2D eigenvalue weighted by molar-refractivity contribution is 8.03. The molecule has 140 valence electrons. The van der Waals surface area contributed by atoms with E-state index in [0.29, 0.717) is 33.4 Å². The summed E-state index contributed by atoms with van der Waals surface area (Å²) in [5, 5.41) is 0. The SMILES string of the molecule is CO[N+](=O)c1ccc(-c2ccc(/C=C(\SC)C(=O)N(C=O)C=S)o2)c(C)c1. The Balaban J connectivity index is 2.33. The first-order chi connectivity index (χ1) is 12.9. The Hall–Kier alpha value is -2.78. The van der Waals surface area contributed by atoms with Gasteiger partial charge < -0.3 is 4.42 Å². The van der Waals surface area contributed by atoms with Gasteiger partial charge in [0.05, 0.1) is 15.3 Å². The number of furan rings is 1. The summed E-state index contributed by atoms with van der Waals surface area (Å²) in [6, 6.07) is 8.53. The molecule has 9 heteroatoms. The van der Waals surface area contributed by atoms with Crippen LogP contribution in [0.5, 0.6) is 0 Å². The van der Waals surface area contributed by atoms with Crippen molar-refractivity contribution in [2.24, 2.45) is 0 Å². The zero-order valence-electron chi connectivity index (χ0n) is 14.9. The van der Waals surface area contributed by atoms with Gasteiger partial charge in [0, 0.05) is 17.7 Å². The summed E-state index contributed by atoms with van der Waals surface area (Å²) in [7, 11) is 1.29. The molecule has 1 aromatic heterocycles. The van der Waals surface area contributed by atoms with Crippen LogP contribution in [0.1, 0.15) is 11.3 Å². The summed E-state index contributed by atoms with van der Waals surface area (Å²) < 4.78 is 5.80. The molecule has 0 aliphatic carbocycles. The number of amides is 2. The number of aryl methyl sites for hydroxylation is 1. The number of hydrogen-bond donors (Lipinski definition) is 0. The van der Waals surface area contributed by atoms with Crippen molar-refractivity contribution in [3.63, 3.8) is 0 Å². The number of benzene rings is 1. The zero-order valence-corrected chi connectivity index (χ0v) is 16.5. The number of carbonyl (C=O) groups is 2. The number of imide groups is 1. The lowest BCUT2D eigenvalue weighted by Crippen LogP contribution is -2.27. The standard InChI is InChI=1S/C18H17N2O5S2/c1-12-8-13(20(23)24-2)4-6-15(12)16-7-5-14(25-16)9-17(27-3)18(22)19(10-21)11-26/h4-11H,1-3H3/q+1/b17-9-. The van der Waals surface area contributed by atoms with Crippen molar-refractivity contribution in [2.75, 3.05) is 13.4 Å². The first kappa shape index (κ1) is 20.5. The number of thioether (sulfide) groups is 1. The van der Waals surface area contributed by atoms with Gasteiger partial charge in [-0.1, -0.05) is 12.2 Å². The Labute approximate surface area is 165 Å². The fourth-order valence-electron chi connectivity index (χ4n) is 2.30. The van der Waals surface area contributed by atoms with Gasteiger partial charge in [-0.15, -0.1) is 11.8 Å². The summed E-state index contributed by atoms with van der Waals surface area (Å²) in [5.41, 5.74) is 2.98. The van der Waals surface area contributed by atoms with Crippen LogP contribution in [0.2, 0.25) is 0 Å². The molecule has 2 amide bonds. The van der Waals surface area contributed by atoms with Crippen LogP contribution in [0.25, 0.3) is 17.4 Å². The van der Waals surface area contributed by atoms with Crippen LogP contribution in [0.3, 0.4) is 0 Å². The number of carbonyl (C=O) groups excluding carboxylic acids is 2. The Morgan fingerprint density at radius 3 is 2.63 bits per heavy atom. The van der Waals surface area contributed by atoms with Gasteiger partial charge in [0.25, 0.3) is 10.8 Å². The lowest BCUT2D eigenvalue weighted by molar-refractivity contribution is -0.736. The molecule has 2 rings (SSSR count). The van der Waals surface area contributed by atoms with Gasteiger partial charge in [-0.05, 0) is 43.0 Å². The van der Waals surface area contributed by atoms with Crippen LogP contribution in [-0.4, -0.2) is 41.0 Å². The molecule has 0 aliphatic heterocycles. The van der Waals surface area contributed by atoms with E-state index in [1.54, 1.807) is 42.7 Å². The average molecular weight is 405 g/mol. The summed E-state index contributed by atoms with van der Waals surface area (Å²) in [5.74, 6) is 0.500. The van der Waals surface area contributed by atoms with Crippen LogP contribution in [0.4, 0.5) is 5.69 Å². The lowest BCUT2D eigenvalue weighted by Gasteiger charge is -2.09. The summed E-state index contributed by atoms with van der Waals surface area (Å²) in [6.07, 6.45) is 3.62. The van der Waals surface area contributed by atoms with Crippen LogP contribution in [0.15, 0.2) is 39.7 Å². The number of thiocarbonyl (C=S) groups is 1. The molecule has 0 unspecified atom stereocenters.